The zero-order valence-electron chi connectivity index (χ0n) is 19.2. The van der Waals surface area contributed by atoms with Gasteiger partial charge >= 0.3 is 0 Å². The Morgan fingerprint density at radius 1 is 1.10 bits per heavy atom. The van der Waals surface area contributed by atoms with E-state index in [4.69, 9.17) is 9.47 Å². The minimum absolute atomic E-state index is 0. The largest absolute Gasteiger partial charge is 0.493 e. The molecular formula is C21H37IN4O3. The lowest BCUT2D eigenvalue weighted by Crippen LogP contribution is -2.50. The average molecular weight is 520 g/mol. The molecule has 0 saturated carbocycles. The zero-order valence-corrected chi connectivity index (χ0v) is 21.5. The highest BCUT2D eigenvalue weighted by Gasteiger charge is 2.24. The third-order valence-electron chi connectivity index (χ3n) is 4.32. The molecule has 0 aromatic heterocycles. The van der Waals surface area contributed by atoms with Crippen molar-refractivity contribution in [3.05, 3.63) is 23.8 Å². The quantitative estimate of drug-likeness (QED) is 0.329. The number of guanidine groups is 1. The molecule has 0 atom stereocenters. The van der Waals surface area contributed by atoms with Crippen LogP contribution in [-0.4, -0.2) is 63.7 Å². The van der Waals surface area contributed by atoms with Gasteiger partial charge in [-0.15, -0.1) is 24.0 Å². The van der Waals surface area contributed by atoms with Gasteiger partial charge in [0.05, 0.1) is 20.8 Å². The van der Waals surface area contributed by atoms with Crippen molar-refractivity contribution in [2.24, 2.45) is 4.99 Å². The second-order valence-corrected chi connectivity index (χ2v) is 8.51. The van der Waals surface area contributed by atoms with Crippen LogP contribution in [0.1, 0.15) is 40.2 Å². The van der Waals surface area contributed by atoms with Gasteiger partial charge in [0.25, 0.3) is 0 Å². The van der Waals surface area contributed by atoms with Gasteiger partial charge in [0.1, 0.15) is 0 Å². The van der Waals surface area contributed by atoms with Gasteiger partial charge in [-0.2, -0.15) is 0 Å². The van der Waals surface area contributed by atoms with Crippen LogP contribution in [0.3, 0.4) is 0 Å². The topological polar surface area (TPSA) is 75.2 Å². The zero-order chi connectivity index (χ0) is 21.5. The van der Waals surface area contributed by atoms with Crippen LogP contribution in [0.25, 0.3) is 0 Å². The Kier molecular flexibility index (Phi) is 10.8. The Bertz CT molecular complexity index is 700. The van der Waals surface area contributed by atoms with Crippen molar-refractivity contribution in [1.29, 1.82) is 0 Å². The van der Waals surface area contributed by atoms with Crippen LogP contribution in [0, 0.1) is 0 Å². The van der Waals surface area contributed by atoms with Crippen molar-refractivity contribution in [1.82, 2.24) is 15.5 Å². The van der Waals surface area contributed by atoms with Crippen molar-refractivity contribution >= 4 is 35.8 Å². The maximum absolute atomic E-state index is 12.2. The van der Waals surface area contributed by atoms with Crippen molar-refractivity contribution in [3.8, 4) is 11.5 Å². The summed E-state index contributed by atoms with van der Waals surface area (Å²) in [5, 5.41) is 6.33. The summed E-state index contributed by atoms with van der Waals surface area (Å²) in [4.78, 5) is 18.3. The molecule has 0 unspecified atom stereocenters. The first kappa shape index (κ1) is 27.3. The summed E-state index contributed by atoms with van der Waals surface area (Å²) in [6, 6.07) is 5.93. The molecule has 0 bridgehead atoms. The van der Waals surface area contributed by atoms with E-state index in [9.17, 15) is 4.79 Å². The highest BCUT2D eigenvalue weighted by molar-refractivity contribution is 14.0. The Hall–Kier alpha value is -1.71. The normalized spacial score (nSPS) is 12.0. The monoisotopic (exact) mass is 520 g/mol. The maximum Gasteiger partial charge on any atom is 0.240 e. The summed E-state index contributed by atoms with van der Waals surface area (Å²) in [5.41, 5.74) is 0.662. The molecule has 0 aliphatic rings. The van der Waals surface area contributed by atoms with Crippen LogP contribution >= 0.6 is 24.0 Å². The lowest BCUT2D eigenvalue weighted by atomic mass is 9.84. The molecular weight excluding hydrogens is 483 g/mol. The van der Waals surface area contributed by atoms with Gasteiger partial charge in [-0.3, -0.25) is 9.79 Å². The van der Waals surface area contributed by atoms with Crippen LogP contribution in [0.5, 0.6) is 11.5 Å². The standard InChI is InChI=1S/C21H36N4O3.HI/c1-20(2,3)24-18(26)13-25(7)19(22-6)23-14-21(4,5)15-10-11-16(27-8)17(12-15)28-9;/h10-12H,13-14H2,1-9H3,(H,22,23)(H,24,26);1H. The second-order valence-electron chi connectivity index (χ2n) is 8.51. The summed E-state index contributed by atoms with van der Waals surface area (Å²) in [6.45, 7) is 11.0. The van der Waals surface area contributed by atoms with Gasteiger partial charge in [0, 0.05) is 31.6 Å². The number of likely N-dealkylation sites (N-methyl/N-ethyl adjacent to an activating group) is 1. The number of ether oxygens (including phenoxy) is 2. The summed E-state index contributed by atoms with van der Waals surface area (Å²) in [5.74, 6) is 2.03. The Balaban J connectivity index is 0.00000784. The SMILES string of the molecule is CN=C(NCC(C)(C)c1ccc(OC)c(OC)c1)N(C)CC(=O)NC(C)(C)C.I. The number of hydrogen-bond donors (Lipinski definition) is 2. The summed E-state index contributed by atoms with van der Waals surface area (Å²) < 4.78 is 10.7. The first-order chi connectivity index (χ1) is 12.9. The molecule has 0 aliphatic carbocycles. The summed E-state index contributed by atoms with van der Waals surface area (Å²) in [6.07, 6.45) is 0. The van der Waals surface area contributed by atoms with Gasteiger partial charge in [0.15, 0.2) is 17.5 Å². The molecule has 0 aliphatic heterocycles. The van der Waals surface area contributed by atoms with Crippen LogP contribution < -0.4 is 20.1 Å². The lowest BCUT2D eigenvalue weighted by Gasteiger charge is -2.30. The minimum Gasteiger partial charge on any atom is -0.493 e. The molecule has 0 fully saturated rings. The first-order valence-corrected chi connectivity index (χ1v) is 9.39. The molecule has 0 spiro atoms. The number of aliphatic imine (C=N–C) groups is 1. The van der Waals surface area contributed by atoms with E-state index in [-0.39, 0.29) is 47.4 Å². The summed E-state index contributed by atoms with van der Waals surface area (Å²) in [7, 11) is 6.82. The van der Waals surface area contributed by atoms with E-state index in [1.165, 1.54) is 0 Å². The van der Waals surface area contributed by atoms with Crippen LogP contribution in [0.15, 0.2) is 23.2 Å². The maximum atomic E-state index is 12.2. The number of nitrogens with zero attached hydrogens (tertiary/aromatic N) is 2. The predicted molar refractivity (Wildman–Crippen MR) is 130 cm³/mol. The number of amides is 1. The van der Waals surface area contributed by atoms with E-state index < -0.39 is 0 Å². The molecule has 1 rings (SSSR count). The first-order valence-electron chi connectivity index (χ1n) is 9.39. The number of hydrogen-bond acceptors (Lipinski definition) is 4. The Morgan fingerprint density at radius 3 is 2.17 bits per heavy atom. The average Bonchev–Trinajstić information content (AvgIpc) is 2.59. The fourth-order valence-corrected chi connectivity index (χ4v) is 2.79. The van der Waals surface area contributed by atoms with Crippen molar-refractivity contribution in [2.45, 2.75) is 45.6 Å². The molecule has 0 radical (unpaired) electrons. The van der Waals surface area contributed by atoms with E-state index in [1.54, 1.807) is 21.3 Å². The summed E-state index contributed by atoms with van der Waals surface area (Å²) >= 11 is 0. The number of carbonyl (C=O) groups is 1. The van der Waals surface area contributed by atoms with Gasteiger partial charge in [-0.1, -0.05) is 19.9 Å². The van der Waals surface area contributed by atoms with E-state index in [1.807, 2.05) is 50.9 Å². The number of nitrogens with one attached hydrogen (secondary N) is 2. The van der Waals surface area contributed by atoms with Crippen molar-refractivity contribution in [2.75, 3.05) is 41.4 Å². The fraction of sp³-hybridized carbons (Fsp3) is 0.619. The molecule has 2 N–H and O–H groups in total. The molecule has 0 saturated heterocycles. The number of methoxy groups -OCH3 is 2. The third-order valence-corrected chi connectivity index (χ3v) is 4.32. The van der Waals surface area contributed by atoms with E-state index >= 15 is 0 Å². The molecule has 1 aromatic rings. The predicted octanol–water partition coefficient (Wildman–Crippen LogP) is 3.02. The number of rotatable bonds is 7. The third kappa shape index (κ3) is 8.67. The fourth-order valence-electron chi connectivity index (χ4n) is 2.79. The number of carbonyl (C=O) groups excluding carboxylic acids is 1. The van der Waals surface area contributed by atoms with E-state index in [0.717, 1.165) is 5.56 Å². The molecule has 7 nitrogen and oxygen atoms in total. The smallest absolute Gasteiger partial charge is 0.240 e. The van der Waals surface area contributed by atoms with Crippen molar-refractivity contribution < 1.29 is 14.3 Å². The van der Waals surface area contributed by atoms with E-state index in [0.29, 0.717) is 24.0 Å². The van der Waals surface area contributed by atoms with Crippen LogP contribution in [0.4, 0.5) is 0 Å². The lowest BCUT2D eigenvalue weighted by molar-refractivity contribution is -0.122. The van der Waals surface area contributed by atoms with Crippen LogP contribution in [0.2, 0.25) is 0 Å². The van der Waals surface area contributed by atoms with Crippen molar-refractivity contribution in [3.63, 3.8) is 0 Å². The van der Waals surface area contributed by atoms with Gasteiger partial charge in [0.2, 0.25) is 5.91 Å². The Morgan fingerprint density at radius 2 is 1.69 bits per heavy atom. The molecule has 166 valence electrons. The molecule has 29 heavy (non-hydrogen) atoms. The second kappa shape index (κ2) is 11.5. The minimum atomic E-state index is -0.260. The van der Waals surface area contributed by atoms with E-state index in [2.05, 4.69) is 29.5 Å². The highest BCUT2D eigenvalue weighted by atomic mass is 127. The molecule has 0 heterocycles. The number of halogens is 1. The molecule has 1 amide bonds. The van der Waals surface area contributed by atoms with Gasteiger partial charge in [-0.05, 0) is 38.5 Å². The van der Waals surface area contributed by atoms with Gasteiger partial charge in [-0.25, -0.2) is 0 Å². The van der Waals surface area contributed by atoms with Gasteiger partial charge < -0.3 is 25.0 Å². The molecule has 8 heteroatoms. The van der Waals surface area contributed by atoms with Crippen LogP contribution in [-0.2, 0) is 10.2 Å². The Labute approximate surface area is 192 Å². The highest BCUT2D eigenvalue weighted by Crippen LogP contribution is 2.32. The number of benzene rings is 1. The molecule has 1 aromatic carbocycles.